The van der Waals surface area contributed by atoms with Crippen molar-refractivity contribution in [2.75, 3.05) is 0 Å². The molecule has 0 heterocycles. The Morgan fingerprint density at radius 3 is 1.71 bits per heavy atom. The Kier molecular flexibility index (Phi) is 5.57. The van der Waals surface area contributed by atoms with E-state index in [1.54, 1.807) is 0 Å². The zero-order valence-electron chi connectivity index (χ0n) is 7.18. The van der Waals surface area contributed by atoms with Crippen molar-refractivity contribution >= 4 is 34.3 Å². The van der Waals surface area contributed by atoms with Crippen LogP contribution in [0, 0.1) is 0 Å². The first-order valence-electron chi connectivity index (χ1n) is 3.22. The summed E-state index contributed by atoms with van der Waals surface area (Å²) < 4.78 is 101. The molecule has 0 fully saturated rings. The van der Waals surface area contributed by atoms with Crippen LogP contribution in [-0.4, -0.2) is 29.7 Å². The van der Waals surface area contributed by atoms with Gasteiger partial charge in [0.15, 0.2) is 10.8 Å². The maximum Gasteiger partial charge on any atom is 0.475 e. The predicted octanol–water partition coefficient (Wildman–Crippen LogP) is 3.07. The first kappa shape index (κ1) is 17.2. The Labute approximate surface area is 99.6 Å². The number of alkyl halides is 8. The van der Waals surface area contributed by atoms with Gasteiger partial charge in [0.05, 0.1) is 0 Å². The maximum absolute atomic E-state index is 11.9. The average Bonchev–Trinajstić information content (AvgIpc) is 1.95. The van der Waals surface area contributed by atoms with E-state index in [0.29, 0.717) is 0 Å². The zero-order valence-corrected chi connectivity index (χ0v) is 9.63. The summed E-state index contributed by atoms with van der Waals surface area (Å²) in [5.41, 5.74) is -11.2. The highest BCUT2D eigenvalue weighted by atomic mass is 32.3. The summed E-state index contributed by atoms with van der Waals surface area (Å²) >= 11 is -3.21. The lowest BCUT2D eigenvalue weighted by Crippen LogP contribution is -2.38. The van der Waals surface area contributed by atoms with Gasteiger partial charge in [-0.1, -0.05) is 0 Å². The molecule has 0 spiro atoms. The van der Waals surface area contributed by atoms with Crippen LogP contribution >= 0.6 is 23.5 Å². The molecule has 0 aromatic carbocycles. The van der Waals surface area contributed by atoms with E-state index in [4.69, 9.17) is 5.11 Å². The number of rotatable bonds is 4. The SMILES string of the molecule is O=S(C(F)(F)F)C(O)(SC(F)F)SC(F)(F)F. The quantitative estimate of drug-likeness (QED) is 0.635. The van der Waals surface area contributed by atoms with E-state index in [2.05, 4.69) is 0 Å². The maximum atomic E-state index is 11.9. The van der Waals surface area contributed by atoms with Crippen LogP contribution in [0.2, 0.25) is 0 Å². The molecule has 0 amide bonds. The Hall–Kier alpha value is 0.250. The lowest BCUT2D eigenvalue weighted by atomic mass is 11.5. The van der Waals surface area contributed by atoms with Gasteiger partial charge in [-0.05, 0) is 11.8 Å². The van der Waals surface area contributed by atoms with Gasteiger partial charge in [-0.25, -0.2) is 4.21 Å². The fourth-order valence-electron chi connectivity index (χ4n) is 0.511. The third kappa shape index (κ3) is 6.10. The van der Waals surface area contributed by atoms with Gasteiger partial charge >= 0.3 is 11.0 Å². The second kappa shape index (κ2) is 5.48. The molecule has 17 heavy (non-hydrogen) atoms. The molecule has 2 atom stereocenters. The average molecular weight is 330 g/mol. The van der Waals surface area contributed by atoms with E-state index in [9.17, 15) is 39.3 Å². The third-order valence-corrected chi connectivity index (χ3v) is 4.77. The Morgan fingerprint density at radius 2 is 1.47 bits per heavy atom. The van der Waals surface area contributed by atoms with Crippen molar-refractivity contribution in [3.8, 4) is 0 Å². The molecule has 13 heteroatoms. The molecule has 0 saturated carbocycles. The largest absolute Gasteiger partial charge is 0.475 e. The van der Waals surface area contributed by atoms with Crippen molar-refractivity contribution in [3.05, 3.63) is 0 Å². The van der Waals surface area contributed by atoms with Crippen molar-refractivity contribution in [1.29, 1.82) is 0 Å². The lowest BCUT2D eigenvalue weighted by molar-refractivity contribution is -0.0427. The molecule has 104 valence electrons. The van der Waals surface area contributed by atoms with Crippen LogP contribution in [0.5, 0.6) is 0 Å². The number of hydrogen-bond acceptors (Lipinski definition) is 4. The summed E-state index contributed by atoms with van der Waals surface area (Å²) in [6.45, 7) is 0. The standard InChI is InChI=1S/C4H2F8O2S3/c5-1(6)15-4(13,16-2(7,8)9)17(14)3(10,11)12/h1,13H. The van der Waals surface area contributed by atoms with Crippen molar-refractivity contribution in [3.63, 3.8) is 0 Å². The van der Waals surface area contributed by atoms with Crippen LogP contribution in [0.4, 0.5) is 35.1 Å². The summed E-state index contributed by atoms with van der Waals surface area (Å²) in [5.74, 6) is -3.76. The van der Waals surface area contributed by atoms with Gasteiger partial charge in [0.1, 0.15) is 0 Å². The minimum absolute atomic E-state index is 1.39. The van der Waals surface area contributed by atoms with E-state index in [0.717, 1.165) is 0 Å². The molecular weight excluding hydrogens is 328 g/mol. The monoisotopic (exact) mass is 330 g/mol. The molecule has 0 aliphatic carbocycles. The number of thioether (sulfide) groups is 2. The molecule has 0 saturated heterocycles. The summed E-state index contributed by atoms with van der Waals surface area (Å²) in [6, 6.07) is 0. The number of hydrogen-bond donors (Lipinski definition) is 1. The predicted molar refractivity (Wildman–Crippen MR) is 46.4 cm³/mol. The van der Waals surface area contributed by atoms with Crippen molar-refractivity contribution in [2.45, 2.75) is 20.4 Å². The van der Waals surface area contributed by atoms with Gasteiger partial charge in [-0.3, -0.25) is 0 Å². The third-order valence-electron chi connectivity index (χ3n) is 0.927. The first-order valence-corrected chi connectivity index (χ1v) is 6.06. The van der Waals surface area contributed by atoms with Crippen LogP contribution < -0.4 is 0 Å². The van der Waals surface area contributed by atoms with E-state index in [1.807, 2.05) is 0 Å². The second-order valence-corrected chi connectivity index (χ2v) is 6.97. The highest BCUT2D eigenvalue weighted by molar-refractivity contribution is 8.30. The van der Waals surface area contributed by atoms with Gasteiger partial charge in [0.2, 0.25) is 0 Å². The highest BCUT2D eigenvalue weighted by Crippen LogP contribution is 2.52. The molecular formula is C4H2F8O2S3. The zero-order chi connectivity index (χ0) is 14.1. The van der Waals surface area contributed by atoms with Crippen LogP contribution in [0.25, 0.3) is 0 Å². The van der Waals surface area contributed by atoms with E-state index >= 15 is 0 Å². The van der Waals surface area contributed by atoms with Crippen molar-refractivity contribution in [2.24, 2.45) is 0 Å². The molecule has 2 nitrogen and oxygen atoms in total. The smallest absolute Gasteiger partial charge is 0.360 e. The Balaban J connectivity index is 5.18. The minimum atomic E-state index is -5.76. The fourth-order valence-corrected chi connectivity index (χ4v) is 3.74. The first-order chi connectivity index (χ1) is 7.28. The normalized spacial score (nSPS) is 19.2. The molecule has 2 unspecified atom stereocenters. The summed E-state index contributed by atoms with van der Waals surface area (Å²) in [4.78, 5) is 0. The molecule has 0 aliphatic heterocycles. The summed E-state index contributed by atoms with van der Waals surface area (Å²) in [5, 5.41) is 8.83. The van der Waals surface area contributed by atoms with Gasteiger partial charge in [0, 0.05) is 11.8 Å². The van der Waals surface area contributed by atoms with Crippen LogP contribution in [0.15, 0.2) is 0 Å². The Morgan fingerprint density at radius 1 is 1.06 bits per heavy atom. The molecule has 1 N–H and O–H groups in total. The van der Waals surface area contributed by atoms with Crippen LogP contribution in [0.3, 0.4) is 0 Å². The highest BCUT2D eigenvalue weighted by Gasteiger charge is 2.58. The van der Waals surface area contributed by atoms with Crippen molar-refractivity contribution in [1.82, 2.24) is 0 Å². The lowest BCUT2D eigenvalue weighted by Gasteiger charge is -2.26. The molecule has 0 bridgehead atoms. The molecule has 0 radical (unpaired) electrons. The van der Waals surface area contributed by atoms with Gasteiger partial charge in [0.25, 0.3) is 9.35 Å². The van der Waals surface area contributed by atoms with Crippen LogP contribution in [-0.2, 0) is 10.8 Å². The number of aliphatic hydroxyl groups is 1. The topological polar surface area (TPSA) is 37.3 Å². The van der Waals surface area contributed by atoms with Gasteiger partial charge in [-0.15, -0.1) is 0 Å². The summed E-state index contributed by atoms with van der Waals surface area (Å²) in [7, 11) is -4.53. The van der Waals surface area contributed by atoms with Crippen LogP contribution in [0.1, 0.15) is 0 Å². The minimum Gasteiger partial charge on any atom is -0.360 e. The van der Waals surface area contributed by atoms with E-state index in [-0.39, 0.29) is 0 Å². The van der Waals surface area contributed by atoms with Gasteiger partial charge in [-0.2, -0.15) is 35.1 Å². The van der Waals surface area contributed by atoms with E-state index < -0.39 is 54.7 Å². The molecule has 0 rings (SSSR count). The second-order valence-electron chi connectivity index (χ2n) is 2.16. The molecule has 0 aromatic heterocycles. The van der Waals surface area contributed by atoms with E-state index in [1.165, 1.54) is 0 Å². The van der Waals surface area contributed by atoms with Crippen molar-refractivity contribution < 1.29 is 44.4 Å². The molecule has 0 aliphatic rings. The number of halogens is 8. The summed E-state index contributed by atoms with van der Waals surface area (Å²) in [6.07, 6.45) is 0. The van der Waals surface area contributed by atoms with Gasteiger partial charge < -0.3 is 5.11 Å². The Bertz CT molecular complexity index is 287. The molecule has 0 aromatic rings. The fraction of sp³-hybridized carbons (Fsp3) is 1.00.